The van der Waals surface area contributed by atoms with Gasteiger partial charge in [-0.05, 0) is 25.0 Å². The Morgan fingerprint density at radius 2 is 1.75 bits per heavy atom. The summed E-state index contributed by atoms with van der Waals surface area (Å²) >= 11 is 6.09. The number of likely N-dealkylation sites (tertiary alicyclic amines) is 1. The van der Waals surface area contributed by atoms with Crippen molar-refractivity contribution < 1.29 is 4.79 Å². The van der Waals surface area contributed by atoms with Crippen LogP contribution in [0.15, 0.2) is 12.1 Å². The summed E-state index contributed by atoms with van der Waals surface area (Å²) in [5.41, 5.74) is 1.42. The summed E-state index contributed by atoms with van der Waals surface area (Å²) in [5, 5.41) is 0.399. The fourth-order valence-electron chi connectivity index (χ4n) is 2.46. The van der Waals surface area contributed by atoms with Crippen LogP contribution in [0, 0.1) is 0 Å². The molecule has 110 valence electrons. The molecule has 1 fully saturated rings. The number of nitrogens with zero attached hydrogens (tertiary/aromatic N) is 2. The van der Waals surface area contributed by atoms with Gasteiger partial charge in [0.1, 0.15) is 5.15 Å². The molecule has 1 saturated heterocycles. The van der Waals surface area contributed by atoms with Crippen molar-refractivity contribution in [3.05, 3.63) is 28.5 Å². The van der Waals surface area contributed by atoms with E-state index in [1.165, 1.54) is 12.8 Å². The molecule has 4 heteroatoms. The maximum Gasteiger partial charge on any atom is 0.254 e. The number of carbonyl (C=O) groups is 1. The highest BCUT2D eigenvalue weighted by Gasteiger charge is 2.22. The fourth-order valence-corrected chi connectivity index (χ4v) is 2.67. The summed E-state index contributed by atoms with van der Waals surface area (Å²) in [7, 11) is 0. The lowest BCUT2D eigenvalue weighted by molar-refractivity contribution is 0.0761. The van der Waals surface area contributed by atoms with E-state index >= 15 is 0 Å². The molecular weight excluding hydrogens is 272 g/mol. The van der Waals surface area contributed by atoms with Gasteiger partial charge in [0.05, 0.1) is 0 Å². The number of amides is 1. The smallest absolute Gasteiger partial charge is 0.254 e. The van der Waals surface area contributed by atoms with Gasteiger partial charge in [-0.15, -0.1) is 0 Å². The van der Waals surface area contributed by atoms with Crippen molar-refractivity contribution in [2.75, 3.05) is 13.1 Å². The van der Waals surface area contributed by atoms with Crippen LogP contribution in [0.3, 0.4) is 0 Å². The Morgan fingerprint density at radius 1 is 1.15 bits per heavy atom. The molecule has 1 aliphatic rings. The molecule has 0 aliphatic carbocycles. The lowest BCUT2D eigenvalue weighted by Crippen LogP contribution is -2.32. The van der Waals surface area contributed by atoms with Crippen molar-refractivity contribution in [3.63, 3.8) is 0 Å². The van der Waals surface area contributed by atoms with Crippen molar-refractivity contribution >= 4 is 17.5 Å². The van der Waals surface area contributed by atoms with Crippen LogP contribution in [0.1, 0.15) is 62.5 Å². The van der Waals surface area contributed by atoms with Crippen LogP contribution in [-0.4, -0.2) is 28.9 Å². The Kier molecular flexibility index (Phi) is 4.69. The Hall–Kier alpha value is -1.09. The van der Waals surface area contributed by atoms with Crippen molar-refractivity contribution in [1.82, 2.24) is 9.88 Å². The second kappa shape index (κ2) is 6.13. The molecular formula is C16H23ClN2O. The van der Waals surface area contributed by atoms with Crippen LogP contribution in [-0.2, 0) is 5.41 Å². The first-order valence-corrected chi connectivity index (χ1v) is 7.73. The molecule has 0 unspecified atom stereocenters. The van der Waals surface area contributed by atoms with E-state index < -0.39 is 0 Å². The average molecular weight is 295 g/mol. The van der Waals surface area contributed by atoms with E-state index in [0.29, 0.717) is 10.7 Å². The molecule has 0 atom stereocenters. The molecule has 0 bridgehead atoms. The molecule has 0 aromatic carbocycles. The minimum atomic E-state index is -0.112. The molecule has 1 aromatic rings. The van der Waals surface area contributed by atoms with Gasteiger partial charge in [0.2, 0.25) is 0 Å². The lowest BCUT2D eigenvalue weighted by Gasteiger charge is -2.22. The number of hydrogen-bond acceptors (Lipinski definition) is 2. The van der Waals surface area contributed by atoms with Crippen LogP contribution in [0.4, 0.5) is 0 Å². The summed E-state index contributed by atoms with van der Waals surface area (Å²) < 4.78 is 0. The van der Waals surface area contributed by atoms with Gasteiger partial charge in [-0.3, -0.25) is 4.79 Å². The number of aromatic nitrogens is 1. The molecule has 1 amide bonds. The number of hydrogen-bond donors (Lipinski definition) is 0. The third-order valence-electron chi connectivity index (χ3n) is 3.70. The van der Waals surface area contributed by atoms with Crippen LogP contribution < -0.4 is 0 Å². The van der Waals surface area contributed by atoms with Crippen molar-refractivity contribution in [2.45, 2.75) is 51.9 Å². The summed E-state index contributed by atoms with van der Waals surface area (Å²) in [6.07, 6.45) is 4.62. The molecule has 1 aromatic heterocycles. The highest BCUT2D eigenvalue weighted by Crippen LogP contribution is 2.24. The molecule has 0 saturated carbocycles. The van der Waals surface area contributed by atoms with Gasteiger partial charge in [0, 0.05) is 29.8 Å². The maximum atomic E-state index is 12.6. The van der Waals surface area contributed by atoms with Gasteiger partial charge in [-0.2, -0.15) is 0 Å². The summed E-state index contributed by atoms with van der Waals surface area (Å²) in [4.78, 5) is 18.9. The van der Waals surface area contributed by atoms with E-state index in [9.17, 15) is 4.79 Å². The van der Waals surface area contributed by atoms with Crippen molar-refractivity contribution in [3.8, 4) is 0 Å². The second-order valence-electron chi connectivity index (χ2n) is 6.52. The van der Waals surface area contributed by atoms with Crippen LogP contribution in [0.5, 0.6) is 0 Å². The van der Waals surface area contributed by atoms with Gasteiger partial charge in [-0.25, -0.2) is 4.98 Å². The van der Waals surface area contributed by atoms with Gasteiger partial charge in [0.25, 0.3) is 5.91 Å². The first-order valence-electron chi connectivity index (χ1n) is 7.35. The third kappa shape index (κ3) is 3.72. The van der Waals surface area contributed by atoms with Crippen LogP contribution in [0.25, 0.3) is 0 Å². The SMILES string of the molecule is CC(C)(C)c1cc(C(=O)N2CCCCCC2)cc(Cl)n1. The first-order chi connectivity index (χ1) is 9.38. The number of carbonyl (C=O) groups excluding carboxylic acids is 1. The largest absolute Gasteiger partial charge is 0.339 e. The Morgan fingerprint density at radius 3 is 2.30 bits per heavy atom. The average Bonchev–Trinajstić information content (AvgIpc) is 2.65. The van der Waals surface area contributed by atoms with Gasteiger partial charge < -0.3 is 4.90 Å². The summed E-state index contributed by atoms with van der Waals surface area (Å²) in [6, 6.07) is 3.57. The number of pyridine rings is 1. The zero-order valence-electron chi connectivity index (χ0n) is 12.6. The van der Waals surface area contributed by atoms with E-state index in [0.717, 1.165) is 31.6 Å². The fraction of sp³-hybridized carbons (Fsp3) is 0.625. The Balaban J connectivity index is 2.27. The molecule has 1 aliphatic heterocycles. The van der Waals surface area contributed by atoms with E-state index in [-0.39, 0.29) is 11.3 Å². The maximum absolute atomic E-state index is 12.6. The Bertz CT molecular complexity index is 486. The van der Waals surface area contributed by atoms with Gasteiger partial charge >= 0.3 is 0 Å². The van der Waals surface area contributed by atoms with Crippen LogP contribution in [0.2, 0.25) is 5.15 Å². The monoisotopic (exact) mass is 294 g/mol. The molecule has 20 heavy (non-hydrogen) atoms. The molecule has 3 nitrogen and oxygen atoms in total. The summed E-state index contributed by atoms with van der Waals surface area (Å²) in [5.74, 6) is 0.0849. The molecule has 2 heterocycles. The minimum Gasteiger partial charge on any atom is -0.339 e. The lowest BCUT2D eigenvalue weighted by atomic mass is 9.91. The quantitative estimate of drug-likeness (QED) is 0.732. The van der Waals surface area contributed by atoms with E-state index in [2.05, 4.69) is 25.8 Å². The van der Waals surface area contributed by atoms with E-state index in [4.69, 9.17) is 11.6 Å². The number of halogens is 1. The highest BCUT2D eigenvalue weighted by molar-refractivity contribution is 6.29. The van der Waals surface area contributed by atoms with E-state index in [1.54, 1.807) is 6.07 Å². The minimum absolute atomic E-state index is 0.0849. The summed E-state index contributed by atoms with van der Waals surface area (Å²) in [6.45, 7) is 7.93. The standard InChI is InChI=1S/C16H23ClN2O/c1-16(2,3)13-10-12(11-14(17)18-13)15(20)19-8-6-4-5-7-9-19/h10-11H,4-9H2,1-3H3. The zero-order chi connectivity index (χ0) is 14.8. The highest BCUT2D eigenvalue weighted by atomic mass is 35.5. The topological polar surface area (TPSA) is 33.2 Å². The molecule has 2 rings (SSSR count). The van der Waals surface area contributed by atoms with Gasteiger partial charge in [0.15, 0.2) is 0 Å². The zero-order valence-corrected chi connectivity index (χ0v) is 13.3. The molecule has 0 spiro atoms. The normalized spacial score (nSPS) is 16.9. The van der Waals surface area contributed by atoms with Crippen molar-refractivity contribution in [1.29, 1.82) is 0 Å². The Labute approximate surface area is 126 Å². The van der Waals surface area contributed by atoms with Crippen molar-refractivity contribution in [2.24, 2.45) is 0 Å². The third-order valence-corrected chi connectivity index (χ3v) is 3.90. The molecule has 0 radical (unpaired) electrons. The molecule has 0 N–H and O–H groups in total. The predicted molar refractivity (Wildman–Crippen MR) is 82.3 cm³/mol. The first kappa shape index (κ1) is 15.3. The number of rotatable bonds is 1. The van der Waals surface area contributed by atoms with E-state index in [1.807, 2.05) is 11.0 Å². The predicted octanol–water partition coefficient (Wildman–Crippen LogP) is 4.05. The van der Waals surface area contributed by atoms with Gasteiger partial charge in [-0.1, -0.05) is 45.2 Å². The van der Waals surface area contributed by atoms with Crippen LogP contribution >= 0.6 is 11.6 Å². The second-order valence-corrected chi connectivity index (χ2v) is 6.91.